The molecule has 2 fully saturated rings. The quantitative estimate of drug-likeness (QED) is 0.654. The molecule has 24 heavy (non-hydrogen) atoms. The molecule has 2 heterocycles. The summed E-state index contributed by atoms with van der Waals surface area (Å²) in [7, 11) is 2.13. The first kappa shape index (κ1) is 17.6. The normalized spacial score (nSPS) is 24.5. The van der Waals surface area contributed by atoms with Gasteiger partial charge in [0, 0.05) is 31.1 Å². The number of likely N-dealkylation sites (tertiary alicyclic amines) is 1. The summed E-state index contributed by atoms with van der Waals surface area (Å²) in [6.07, 6.45) is 2.20. The van der Waals surface area contributed by atoms with Crippen molar-refractivity contribution in [3.8, 4) is 0 Å². The van der Waals surface area contributed by atoms with E-state index in [4.69, 9.17) is 4.74 Å². The van der Waals surface area contributed by atoms with Gasteiger partial charge < -0.3 is 15.0 Å². The Kier molecular flexibility index (Phi) is 6.40. The molecule has 0 saturated carbocycles. The topological polar surface area (TPSA) is 44.8 Å². The molecule has 0 radical (unpaired) electrons. The third kappa shape index (κ3) is 4.65. The van der Waals surface area contributed by atoms with Crippen LogP contribution in [0.25, 0.3) is 0 Å². The number of amides is 2. The number of hydrogen-bond donors (Lipinski definition) is 1. The van der Waals surface area contributed by atoms with E-state index in [1.165, 1.54) is 4.90 Å². The third-order valence-corrected chi connectivity index (χ3v) is 5.86. The fourth-order valence-corrected chi connectivity index (χ4v) is 4.19. The van der Waals surface area contributed by atoms with Gasteiger partial charge in [-0.25, -0.2) is 4.79 Å². The average Bonchev–Trinajstić information content (AvgIpc) is 2.62. The van der Waals surface area contributed by atoms with Crippen LogP contribution in [0.4, 0.5) is 4.79 Å². The summed E-state index contributed by atoms with van der Waals surface area (Å²) in [5.74, 6) is 1.02. The van der Waals surface area contributed by atoms with Crippen LogP contribution >= 0.6 is 11.8 Å². The van der Waals surface area contributed by atoms with E-state index in [2.05, 4.69) is 41.5 Å². The summed E-state index contributed by atoms with van der Waals surface area (Å²) in [4.78, 5) is 17.9. The van der Waals surface area contributed by atoms with E-state index >= 15 is 0 Å². The Morgan fingerprint density at radius 3 is 3.00 bits per heavy atom. The standard InChI is InChI=1S/C18H27N3O2S/c1-20-11-12-23-17-8-10-21(14-16(17)20)18(22)19-9-5-13-24-15-6-3-2-4-7-15/h2-4,6-7,16-17H,5,8-14H2,1H3,(H,19,22)/t16-,17-/m1/s1. The number of rotatable bonds is 5. The van der Waals surface area contributed by atoms with Crippen LogP contribution in [0.15, 0.2) is 35.2 Å². The van der Waals surface area contributed by atoms with Crippen LogP contribution in [0.1, 0.15) is 12.8 Å². The van der Waals surface area contributed by atoms with E-state index in [0.717, 1.165) is 51.4 Å². The second kappa shape index (κ2) is 8.74. The van der Waals surface area contributed by atoms with Crippen molar-refractivity contribution in [3.63, 3.8) is 0 Å². The predicted octanol–water partition coefficient (Wildman–Crippen LogP) is 2.28. The van der Waals surface area contributed by atoms with Crippen molar-refractivity contribution in [1.29, 1.82) is 0 Å². The van der Waals surface area contributed by atoms with Crippen LogP contribution < -0.4 is 5.32 Å². The molecule has 0 spiro atoms. The van der Waals surface area contributed by atoms with Crippen molar-refractivity contribution in [1.82, 2.24) is 15.1 Å². The molecule has 1 N–H and O–H groups in total. The maximum Gasteiger partial charge on any atom is 0.317 e. The summed E-state index contributed by atoms with van der Waals surface area (Å²) < 4.78 is 5.83. The molecule has 5 nitrogen and oxygen atoms in total. The molecule has 0 aromatic heterocycles. The SMILES string of the molecule is CN1CCO[C@@H]2CCN(C(=O)NCCCSc3ccccc3)C[C@H]21. The molecule has 132 valence electrons. The highest BCUT2D eigenvalue weighted by molar-refractivity contribution is 7.99. The number of thioether (sulfide) groups is 1. The molecule has 0 aliphatic carbocycles. The van der Waals surface area contributed by atoms with Crippen LogP contribution in [-0.2, 0) is 4.74 Å². The summed E-state index contributed by atoms with van der Waals surface area (Å²) >= 11 is 1.83. The molecule has 2 aliphatic heterocycles. The Hall–Kier alpha value is -1.24. The molecule has 1 aromatic rings. The fourth-order valence-electron chi connectivity index (χ4n) is 3.31. The summed E-state index contributed by atoms with van der Waals surface area (Å²) in [6, 6.07) is 10.8. The van der Waals surface area contributed by atoms with Crippen molar-refractivity contribution in [3.05, 3.63) is 30.3 Å². The first-order valence-corrected chi connectivity index (χ1v) is 9.75. The zero-order chi connectivity index (χ0) is 16.8. The molecule has 1 aromatic carbocycles. The molecule has 2 saturated heterocycles. The number of benzene rings is 1. The summed E-state index contributed by atoms with van der Waals surface area (Å²) in [6.45, 7) is 4.05. The lowest BCUT2D eigenvalue weighted by Crippen LogP contribution is -2.60. The Bertz CT molecular complexity index is 528. The molecular weight excluding hydrogens is 322 g/mol. The van der Waals surface area contributed by atoms with E-state index in [1.54, 1.807) is 0 Å². The Balaban J connectivity index is 1.35. The van der Waals surface area contributed by atoms with Crippen LogP contribution in [0.3, 0.4) is 0 Å². The number of ether oxygens (including phenoxy) is 1. The molecule has 6 heteroatoms. The van der Waals surface area contributed by atoms with Gasteiger partial charge in [-0.2, -0.15) is 0 Å². The van der Waals surface area contributed by atoms with E-state index in [1.807, 2.05) is 22.7 Å². The number of urea groups is 1. The number of likely N-dealkylation sites (N-methyl/N-ethyl adjacent to an activating group) is 1. The first-order valence-electron chi connectivity index (χ1n) is 8.76. The number of fused-ring (bicyclic) bond motifs is 1. The minimum Gasteiger partial charge on any atom is -0.375 e. The number of hydrogen-bond acceptors (Lipinski definition) is 4. The Labute approximate surface area is 148 Å². The Morgan fingerprint density at radius 2 is 2.17 bits per heavy atom. The van der Waals surface area contributed by atoms with Gasteiger partial charge in [-0.1, -0.05) is 18.2 Å². The largest absolute Gasteiger partial charge is 0.375 e. The highest BCUT2D eigenvalue weighted by Gasteiger charge is 2.36. The monoisotopic (exact) mass is 349 g/mol. The zero-order valence-electron chi connectivity index (χ0n) is 14.3. The van der Waals surface area contributed by atoms with Gasteiger partial charge in [0.1, 0.15) is 0 Å². The predicted molar refractivity (Wildman–Crippen MR) is 97.5 cm³/mol. The van der Waals surface area contributed by atoms with E-state index in [-0.39, 0.29) is 12.1 Å². The average molecular weight is 350 g/mol. The van der Waals surface area contributed by atoms with Gasteiger partial charge in [-0.15, -0.1) is 11.8 Å². The maximum atomic E-state index is 12.4. The van der Waals surface area contributed by atoms with Gasteiger partial charge in [-0.05, 0) is 37.8 Å². The molecule has 0 unspecified atom stereocenters. The third-order valence-electron chi connectivity index (χ3n) is 4.76. The number of carbonyl (C=O) groups excluding carboxylic acids is 1. The maximum absolute atomic E-state index is 12.4. The van der Waals surface area contributed by atoms with Gasteiger partial charge in [0.15, 0.2) is 0 Å². The highest BCUT2D eigenvalue weighted by atomic mass is 32.2. The van der Waals surface area contributed by atoms with Crippen LogP contribution in [0.2, 0.25) is 0 Å². The molecular formula is C18H27N3O2S. The number of piperidine rings is 1. The number of nitrogens with zero attached hydrogens (tertiary/aromatic N) is 2. The van der Waals surface area contributed by atoms with Crippen LogP contribution in [0.5, 0.6) is 0 Å². The van der Waals surface area contributed by atoms with Crippen molar-refractivity contribution < 1.29 is 9.53 Å². The zero-order valence-corrected chi connectivity index (χ0v) is 15.1. The molecule has 2 atom stereocenters. The number of nitrogens with one attached hydrogen (secondary N) is 1. The van der Waals surface area contributed by atoms with Crippen molar-refractivity contribution in [2.45, 2.75) is 29.9 Å². The second-order valence-electron chi connectivity index (χ2n) is 6.44. The fraction of sp³-hybridized carbons (Fsp3) is 0.611. The van der Waals surface area contributed by atoms with Crippen molar-refractivity contribution in [2.75, 3.05) is 45.6 Å². The smallest absolute Gasteiger partial charge is 0.317 e. The molecule has 2 amide bonds. The minimum atomic E-state index is 0.0668. The van der Waals surface area contributed by atoms with Gasteiger partial charge in [0.2, 0.25) is 0 Å². The van der Waals surface area contributed by atoms with Crippen molar-refractivity contribution >= 4 is 17.8 Å². The molecule has 3 rings (SSSR count). The van der Waals surface area contributed by atoms with Gasteiger partial charge >= 0.3 is 6.03 Å². The second-order valence-corrected chi connectivity index (χ2v) is 7.61. The molecule has 2 aliphatic rings. The summed E-state index contributed by atoms with van der Waals surface area (Å²) in [5.41, 5.74) is 0. The molecule has 0 bridgehead atoms. The number of morpholine rings is 1. The first-order chi connectivity index (χ1) is 11.7. The lowest BCUT2D eigenvalue weighted by atomic mass is 9.99. The number of carbonyl (C=O) groups is 1. The lowest BCUT2D eigenvalue weighted by Gasteiger charge is -2.45. The summed E-state index contributed by atoms with van der Waals surface area (Å²) in [5, 5.41) is 3.06. The Morgan fingerprint density at radius 1 is 1.33 bits per heavy atom. The van der Waals surface area contributed by atoms with E-state index in [0.29, 0.717) is 6.04 Å². The van der Waals surface area contributed by atoms with Gasteiger partial charge in [0.25, 0.3) is 0 Å². The van der Waals surface area contributed by atoms with Crippen molar-refractivity contribution in [2.24, 2.45) is 0 Å². The van der Waals surface area contributed by atoms with Gasteiger partial charge in [0.05, 0.1) is 18.8 Å². The highest BCUT2D eigenvalue weighted by Crippen LogP contribution is 2.22. The van der Waals surface area contributed by atoms with Crippen LogP contribution in [0, 0.1) is 0 Å². The minimum absolute atomic E-state index is 0.0668. The van der Waals surface area contributed by atoms with E-state index < -0.39 is 0 Å². The van der Waals surface area contributed by atoms with Gasteiger partial charge in [-0.3, -0.25) is 4.90 Å². The van der Waals surface area contributed by atoms with Crippen LogP contribution in [-0.4, -0.2) is 73.6 Å². The van der Waals surface area contributed by atoms with E-state index in [9.17, 15) is 4.79 Å². The lowest BCUT2D eigenvalue weighted by molar-refractivity contribution is -0.0881.